The molecule has 2 N–H and O–H groups in total. The lowest BCUT2D eigenvalue weighted by atomic mass is 9.75. The first-order valence-electron chi connectivity index (χ1n) is 6.17. The molecule has 1 aliphatic rings. The van der Waals surface area contributed by atoms with Gasteiger partial charge in [-0.05, 0) is 27.7 Å². The minimum absolute atomic E-state index is 0.151. The van der Waals surface area contributed by atoms with Crippen molar-refractivity contribution in [3.63, 3.8) is 0 Å². The van der Waals surface area contributed by atoms with E-state index in [1.807, 2.05) is 27.7 Å². The maximum atomic E-state index is 6.21. The fourth-order valence-electron chi connectivity index (χ4n) is 1.93. The molecule has 1 saturated heterocycles. The van der Waals surface area contributed by atoms with Crippen LogP contribution in [0.25, 0.3) is 0 Å². The Bertz CT molecular complexity index is 524. The Hall–Kier alpha value is -0.0351. The zero-order chi connectivity index (χ0) is 15.3. The first-order chi connectivity index (χ1) is 9.07. The van der Waals surface area contributed by atoms with Crippen molar-refractivity contribution in [1.29, 1.82) is 0 Å². The van der Waals surface area contributed by atoms with Gasteiger partial charge in [0.1, 0.15) is 5.15 Å². The summed E-state index contributed by atoms with van der Waals surface area (Å²) in [6.07, 6.45) is 1.41. The molecule has 110 valence electrons. The van der Waals surface area contributed by atoms with Crippen molar-refractivity contribution in [2.45, 2.75) is 44.8 Å². The number of halogens is 3. The van der Waals surface area contributed by atoms with Crippen molar-refractivity contribution in [1.82, 2.24) is 4.98 Å². The summed E-state index contributed by atoms with van der Waals surface area (Å²) in [5, 5.41) is 0.709. The Morgan fingerprint density at radius 2 is 1.65 bits per heavy atom. The van der Waals surface area contributed by atoms with Crippen molar-refractivity contribution >= 4 is 41.9 Å². The van der Waals surface area contributed by atoms with Gasteiger partial charge in [-0.1, -0.05) is 34.8 Å². The van der Waals surface area contributed by atoms with E-state index in [2.05, 4.69) is 4.98 Å². The Kier molecular flexibility index (Phi) is 4.33. The van der Waals surface area contributed by atoms with Gasteiger partial charge in [0.25, 0.3) is 0 Å². The van der Waals surface area contributed by atoms with Crippen LogP contribution in [0.3, 0.4) is 0 Å². The van der Waals surface area contributed by atoms with E-state index in [4.69, 9.17) is 49.8 Å². The summed E-state index contributed by atoms with van der Waals surface area (Å²) in [6, 6.07) is 0. The maximum Gasteiger partial charge on any atom is 0.480 e. The molecule has 1 aromatic rings. The number of nitrogens with two attached hydrogens (primary N) is 1. The lowest BCUT2D eigenvalue weighted by Gasteiger charge is -2.32. The molecule has 2 heterocycles. The molecular formula is C12H16BCl3N2O2. The monoisotopic (exact) mass is 336 g/mol. The van der Waals surface area contributed by atoms with Crippen LogP contribution in [0.4, 0.5) is 0 Å². The number of hydrogen-bond acceptors (Lipinski definition) is 4. The average Bonchev–Trinajstić information content (AvgIpc) is 2.54. The molecule has 4 nitrogen and oxygen atoms in total. The van der Waals surface area contributed by atoms with Gasteiger partial charge in [0.15, 0.2) is 0 Å². The van der Waals surface area contributed by atoms with Crippen LogP contribution in [0.1, 0.15) is 39.2 Å². The van der Waals surface area contributed by atoms with Gasteiger partial charge < -0.3 is 15.0 Å². The largest absolute Gasteiger partial charge is 0.480 e. The molecule has 0 saturated carbocycles. The van der Waals surface area contributed by atoms with Crippen molar-refractivity contribution in [2.24, 2.45) is 5.73 Å². The second-order valence-corrected chi connectivity index (χ2v) is 6.92. The molecule has 1 fully saturated rings. The van der Waals surface area contributed by atoms with E-state index < -0.39 is 24.3 Å². The van der Waals surface area contributed by atoms with Crippen molar-refractivity contribution in [2.75, 3.05) is 0 Å². The van der Waals surface area contributed by atoms with E-state index >= 15 is 0 Å². The fraction of sp³-hybridized carbons (Fsp3) is 0.583. The molecule has 20 heavy (non-hydrogen) atoms. The summed E-state index contributed by atoms with van der Waals surface area (Å²) in [5.74, 6) is -0.656. The number of rotatable bonds is 2. The van der Waals surface area contributed by atoms with Crippen LogP contribution in [-0.2, 0) is 9.31 Å². The van der Waals surface area contributed by atoms with Gasteiger partial charge in [0, 0.05) is 11.8 Å². The SMILES string of the molecule is CC1(C)OB([C@@H](N)c2c(Cl)cnc(Cl)c2Cl)OC1(C)C. The maximum absolute atomic E-state index is 6.21. The minimum atomic E-state index is -0.659. The van der Waals surface area contributed by atoms with Crippen LogP contribution in [0.15, 0.2) is 6.20 Å². The number of hydrogen-bond donors (Lipinski definition) is 1. The zero-order valence-corrected chi connectivity index (χ0v) is 14.0. The molecular weight excluding hydrogens is 321 g/mol. The Balaban J connectivity index is 2.35. The zero-order valence-electron chi connectivity index (χ0n) is 11.7. The van der Waals surface area contributed by atoms with E-state index in [1.165, 1.54) is 6.20 Å². The number of pyridine rings is 1. The Labute approximate surface area is 134 Å². The highest BCUT2D eigenvalue weighted by Crippen LogP contribution is 2.42. The summed E-state index contributed by atoms with van der Waals surface area (Å²) in [4.78, 5) is 3.87. The quantitative estimate of drug-likeness (QED) is 0.661. The van der Waals surface area contributed by atoms with Crippen molar-refractivity contribution in [3.8, 4) is 0 Å². The van der Waals surface area contributed by atoms with E-state index in [0.717, 1.165) is 0 Å². The van der Waals surface area contributed by atoms with Gasteiger partial charge in [0.2, 0.25) is 0 Å². The third kappa shape index (κ3) is 2.67. The van der Waals surface area contributed by atoms with Crippen LogP contribution >= 0.6 is 34.8 Å². The summed E-state index contributed by atoms with van der Waals surface area (Å²) < 4.78 is 11.8. The van der Waals surface area contributed by atoms with Crippen LogP contribution in [0.2, 0.25) is 15.2 Å². The lowest BCUT2D eigenvalue weighted by Crippen LogP contribution is -2.41. The first kappa shape index (κ1) is 16.3. The predicted molar refractivity (Wildman–Crippen MR) is 82.3 cm³/mol. The van der Waals surface area contributed by atoms with Crippen LogP contribution in [-0.4, -0.2) is 23.3 Å². The van der Waals surface area contributed by atoms with E-state index in [1.54, 1.807) is 0 Å². The third-order valence-electron chi connectivity index (χ3n) is 3.86. The third-order valence-corrected chi connectivity index (χ3v) is 4.93. The fourth-order valence-corrected chi connectivity index (χ4v) is 2.68. The molecule has 8 heteroatoms. The molecule has 1 aliphatic heterocycles. The highest BCUT2D eigenvalue weighted by molar-refractivity contribution is 6.50. The van der Waals surface area contributed by atoms with Crippen LogP contribution < -0.4 is 5.73 Å². The van der Waals surface area contributed by atoms with Crippen LogP contribution in [0, 0.1) is 0 Å². The molecule has 0 spiro atoms. The highest BCUT2D eigenvalue weighted by Gasteiger charge is 2.54. The molecule has 0 aromatic carbocycles. The van der Waals surface area contributed by atoms with Crippen molar-refractivity contribution in [3.05, 3.63) is 27.0 Å². The summed E-state index contributed by atoms with van der Waals surface area (Å²) in [7, 11) is -0.659. The Morgan fingerprint density at radius 1 is 1.15 bits per heavy atom. The standard InChI is InChI=1S/C12H16BCl3N2O2/c1-11(2)12(3,4)20-13(19-11)9(17)7-6(14)5-18-10(16)8(7)15/h5,9H,17H2,1-4H3/t9-/m0/s1. The smallest absolute Gasteiger partial charge is 0.402 e. The molecule has 1 aromatic heterocycles. The number of nitrogens with zero attached hydrogens (tertiary/aromatic N) is 1. The average molecular weight is 337 g/mol. The van der Waals surface area contributed by atoms with Gasteiger partial charge >= 0.3 is 7.12 Å². The topological polar surface area (TPSA) is 57.4 Å². The lowest BCUT2D eigenvalue weighted by molar-refractivity contribution is 0.00578. The van der Waals surface area contributed by atoms with Gasteiger partial charge in [-0.3, -0.25) is 0 Å². The van der Waals surface area contributed by atoms with Gasteiger partial charge in [-0.15, -0.1) is 0 Å². The summed E-state index contributed by atoms with van der Waals surface area (Å²) in [5.41, 5.74) is 5.72. The van der Waals surface area contributed by atoms with E-state index in [-0.39, 0.29) is 10.2 Å². The molecule has 0 aliphatic carbocycles. The van der Waals surface area contributed by atoms with Gasteiger partial charge in [-0.2, -0.15) is 0 Å². The minimum Gasteiger partial charge on any atom is -0.402 e. The summed E-state index contributed by atoms with van der Waals surface area (Å²) in [6.45, 7) is 7.79. The van der Waals surface area contributed by atoms with E-state index in [0.29, 0.717) is 10.6 Å². The normalized spacial score (nSPS) is 22.1. The highest BCUT2D eigenvalue weighted by atomic mass is 35.5. The molecule has 0 unspecified atom stereocenters. The first-order valence-corrected chi connectivity index (χ1v) is 7.31. The molecule has 0 bridgehead atoms. The van der Waals surface area contributed by atoms with Crippen LogP contribution in [0.5, 0.6) is 0 Å². The molecule has 0 amide bonds. The van der Waals surface area contributed by atoms with Gasteiger partial charge in [0.05, 0.1) is 27.2 Å². The predicted octanol–water partition coefficient (Wildman–Crippen LogP) is 3.67. The second-order valence-electron chi connectivity index (χ2n) is 5.78. The van der Waals surface area contributed by atoms with Gasteiger partial charge in [-0.25, -0.2) is 4.98 Å². The summed E-state index contributed by atoms with van der Waals surface area (Å²) >= 11 is 18.2. The molecule has 1 atom stereocenters. The molecule has 0 radical (unpaired) electrons. The van der Waals surface area contributed by atoms with Crippen molar-refractivity contribution < 1.29 is 9.31 Å². The molecule has 2 rings (SSSR count). The number of aromatic nitrogens is 1. The Morgan fingerprint density at radius 3 is 2.15 bits per heavy atom. The van der Waals surface area contributed by atoms with E-state index in [9.17, 15) is 0 Å². The second kappa shape index (κ2) is 5.31.